The minimum Gasteiger partial charge on any atom is -0.374 e. The zero-order valence-corrected chi connectivity index (χ0v) is 12.0. The van der Waals surface area contributed by atoms with Gasteiger partial charge in [-0.25, -0.2) is 0 Å². The Morgan fingerprint density at radius 3 is 3.00 bits per heavy atom. The van der Waals surface area contributed by atoms with Gasteiger partial charge in [0.1, 0.15) is 0 Å². The Hall–Kier alpha value is -0.0600. The molecule has 102 valence electrons. The molecule has 0 aliphatic carbocycles. The number of hydrogen-bond acceptors (Lipinski definition) is 4. The average Bonchev–Trinajstić information content (AvgIpc) is 2.99. The maximum absolute atomic E-state index is 12.7. The van der Waals surface area contributed by atoms with Crippen LogP contribution in [-0.2, 0) is 9.53 Å². The summed E-state index contributed by atoms with van der Waals surface area (Å²) in [6, 6.07) is 0. The number of carbonyl (C=O) groups is 1. The monoisotopic (exact) mass is 269 g/mol. The average molecular weight is 269 g/mol. The Balaban J connectivity index is 1.70. The lowest BCUT2D eigenvalue weighted by atomic mass is 9.77. The van der Waals surface area contributed by atoms with Crippen LogP contribution in [0.1, 0.15) is 39.0 Å². The SMILES string of the molecule is CC1(C(=O)C2CCOC3(CCSC3)C2)CCCN1. The van der Waals surface area contributed by atoms with Gasteiger partial charge in [-0.05, 0) is 51.3 Å². The van der Waals surface area contributed by atoms with Gasteiger partial charge in [-0.3, -0.25) is 4.79 Å². The summed E-state index contributed by atoms with van der Waals surface area (Å²) in [5.74, 6) is 2.93. The minimum absolute atomic E-state index is 0.0260. The Kier molecular flexibility index (Phi) is 3.45. The van der Waals surface area contributed by atoms with Crippen molar-refractivity contribution in [2.45, 2.75) is 50.2 Å². The first-order chi connectivity index (χ1) is 8.64. The van der Waals surface area contributed by atoms with Crippen LogP contribution < -0.4 is 5.32 Å². The van der Waals surface area contributed by atoms with Crippen molar-refractivity contribution in [3.8, 4) is 0 Å². The third-order valence-electron chi connectivity index (χ3n) is 4.84. The number of thioether (sulfide) groups is 1. The first-order valence-corrected chi connectivity index (χ1v) is 8.30. The zero-order chi connectivity index (χ0) is 12.6. The molecular formula is C14H23NO2S. The van der Waals surface area contributed by atoms with Crippen molar-refractivity contribution in [3.05, 3.63) is 0 Å². The van der Waals surface area contributed by atoms with Gasteiger partial charge in [-0.1, -0.05) is 0 Å². The van der Waals surface area contributed by atoms with Crippen molar-refractivity contribution in [1.82, 2.24) is 5.32 Å². The molecule has 0 aromatic rings. The largest absolute Gasteiger partial charge is 0.374 e. The van der Waals surface area contributed by atoms with Gasteiger partial charge in [0.2, 0.25) is 0 Å². The molecular weight excluding hydrogens is 246 g/mol. The van der Waals surface area contributed by atoms with E-state index in [-0.39, 0.29) is 17.1 Å². The summed E-state index contributed by atoms with van der Waals surface area (Å²) in [6.07, 6.45) is 5.14. The number of ether oxygens (including phenoxy) is 1. The second kappa shape index (κ2) is 4.80. The van der Waals surface area contributed by atoms with Crippen molar-refractivity contribution in [3.63, 3.8) is 0 Å². The molecule has 3 atom stereocenters. The van der Waals surface area contributed by atoms with Crippen molar-refractivity contribution in [1.29, 1.82) is 0 Å². The quantitative estimate of drug-likeness (QED) is 0.832. The summed E-state index contributed by atoms with van der Waals surface area (Å²) in [4.78, 5) is 12.7. The Labute approximate surface area is 113 Å². The molecule has 3 nitrogen and oxygen atoms in total. The molecule has 0 aromatic heterocycles. The van der Waals surface area contributed by atoms with E-state index in [9.17, 15) is 4.79 Å². The number of rotatable bonds is 2. The number of nitrogens with one attached hydrogen (secondary N) is 1. The van der Waals surface area contributed by atoms with E-state index in [0.29, 0.717) is 5.78 Å². The molecule has 0 radical (unpaired) electrons. The first-order valence-electron chi connectivity index (χ1n) is 7.15. The van der Waals surface area contributed by atoms with E-state index in [1.165, 1.54) is 5.75 Å². The molecule has 4 heteroatoms. The highest BCUT2D eigenvalue weighted by atomic mass is 32.2. The number of ketones is 1. The van der Waals surface area contributed by atoms with Gasteiger partial charge in [0.25, 0.3) is 0 Å². The molecule has 0 bridgehead atoms. The topological polar surface area (TPSA) is 38.3 Å². The fourth-order valence-electron chi connectivity index (χ4n) is 3.67. The molecule has 1 spiro atoms. The Morgan fingerprint density at radius 1 is 1.44 bits per heavy atom. The van der Waals surface area contributed by atoms with E-state index in [0.717, 1.165) is 51.0 Å². The van der Waals surface area contributed by atoms with E-state index in [2.05, 4.69) is 12.2 Å². The highest BCUT2D eigenvalue weighted by Gasteiger charge is 2.46. The van der Waals surface area contributed by atoms with Crippen molar-refractivity contribution < 1.29 is 9.53 Å². The fourth-order valence-corrected chi connectivity index (χ4v) is 5.05. The van der Waals surface area contributed by atoms with E-state index in [1.807, 2.05) is 11.8 Å². The minimum atomic E-state index is -0.255. The van der Waals surface area contributed by atoms with E-state index >= 15 is 0 Å². The molecule has 3 aliphatic rings. The number of hydrogen-bond donors (Lipinski definition) is 1. The molecule has 0 aromatic carbocycles. The summed E-state index contributed by atoms with van der Waals surface area (Å²) in [5.41, 5.74) is -0.229. The normalized spacial score (nSPS) is 44.6. The third-order valence-corrected chi connectivity index (χ3v) is 6.07. The molecule has 18 heavy (non-hydrogen) atoms. The summed E-state index contributed by atoms with van der Waals surface area (Å²) in [5, 5.41) is 3.41. The van der Waals surface area contributed by atoms with Crippen LogP contribution in [0.15, 0.2) is 0 Å². The first kappa shape index (κ1) is 12.9. The van der Waals surface area contributed by atoms with Crippen LogP contribution in [-0.4, -0.2) is 41.6 Å². The standard InChI is InChI=1S/C14H23NO2S/c1-13(4-2-6-15-13)12(16)11-3-7-17-14(9-11)5-8-18-10-14/h11,15H,2-10H2,1H3. The van der Waals surface area contributed by atoms with E-state index in [4.69, 9.17) is 4.74 Å². The lowest BCUT2D eigenvalue weighted by molar-refractivity contribution is -0.139. The van der Waals surface area contributed by atoms with Gasteiger partial charge < -0.3 is 10.1 Å². The maximum Gasteiger partial charge on any atom is 0.155 e. The van der Waals surface area contributed by atoms with Crippen molar-refractivity contribution >= 4 is 17.5 Å². The smallest absolute Gasteiger partial charge is 0.155 e. The summed E-state index contributed by atoms with van der Waals surface area (Å²) in [6.45, 7) is 3.85. The van der Waals surface area contributed by atoms with Gasteiger partial charge in [0.15, 0.2) is 5.78 Å². The highest BCUT2D eigenvalue weighted by Crippen LogP contribution is 2.42. The number of carbonyl (C=O) groups excluding carboxylic acids is 1. The summed E-state index contributed by atoms with van der Waals surface area (Å²) >= 11 is 1.97. The van der Waals surface area contributed by atoms with Crippen LogP contribution in [0.4, 0.5) is 0 Å². The van der Waals surface area contributed by atoms with Gasteiger partial charge in [-0.15, -0.1) is 0 Å². The maximum atomic E-state index is 12.7. The van der Waals surface area contributed by atoms with E-state index in [1.54, 1.807) is 0 Å². The van der Waals surface area contributed by atoms with Crippen LogP contribution in [0.3, 0.4) is 0 Å². The van der Waals surface area contributed by atoms with Crippen LogP contribution in [0.2, 0.25) is 0 Å². The summed E-state index contributed by atoms with van der Waals surface area (Å²) < 4.78 is 6.01. The Bertz CT molecular complexity index is 333. The van der Waals surface area contributed by atoms with Gasteiger partial charge in [-0.2, -0.15) is 11.8 Å². The van der Waals surface area contributed by atoms with E-state index < -0.39 is 0 Å². The second-order valence-corrected chi connectivity index (χ2v) is 7.36. The van der Waals surface area contributed by atoms with Gasteiger partial charge >= 0.3 is 0 Å². The van der Waals surface area contributed by atoms with Gasteiger partial charge in [0.05, 0.1) is 11.1 Å². The molecule has 3 saturated heterocycles. The molecule has 3 unspecified atom stereocenters. The van der Waals surface area contributed by atoms with Crippen LogP contribution in [0.25, 0.3) is 0 Å². The Morgan fingerprint density at radius 2 is 2.33 bits per heavy atom. The lowest BCUT2D eigenvalue weighted by Crippen LogP contribution is -2.51. The van der Waals surface area contributed by atoms with Crippen molar-refractivity contribution in [2.24, 2.45) is 5.92 Å². The number of Topliss-reactive ketones (excluding diaryl/α,β-unsaturated/α-hetero) is 1. The molecule has 0 saturated carbocycles. The zero-order valence-electron chi connectivity index (χ0n) is 11.2. The fraction of sp³-hybridized carbons (Fsp3) is 0.929. The highest BCUT2D eigenvalue weighted by molar-refractivity contribution is 7.99. The predicted molar refractivity (Wildman–Crippen MR) is 74.0 cm³/mol. The molecule has 3 fully saturated rings. The molecule has 3 heterocycles. The van der Waals surface area contributed by atoms with Crippen molar-refractivity contribution in [2.75, 3.05) is 24.7 Å². The van der Waals surface area contributed by atoms with Crippen LogP contribution in [0, 0.1) is 5.92 Å². The van der Waals surface area contributed by atoms with Crippen LogP contribution >= 0.6 is 11.8 Å². The predicted octanol–water partition coefficient (Wildman–Crippen LogP) is 2.00. The molecule has 3 rings (SSSR count). The lowest BCUT2D eigenvalue weighted by Gasteiger charge is -2.39. The third kappa shape index (κ3) is 2.23. The molecule has 0 amide bonds. The second-order valence-electron chi connectivity index (χ2n) is 6.25. The molecule has 3 aliphatic heterocycles. The summed E-state index contributed by atoms with van der Waals surface area (Å²) in [7, 11) is 0. The molecule has 1 N–H and O–H groups in total. The van der Waals surface area contributed by atoms with Gasteiger partial charge in [0, 0.05) is 18.3 Å². The van der Waals surface area contributed by atoms with Crippen LogP contribution in [0.5, 0.6) is 0 Å².